The molecule has 2 N–H and O–H groups in total. The minimum Gasteiger partial charge on any atom is -0.329 e. The molecule has 1 aliphatic rings. The van der Waals surface area contributed by atoms with Crippen molar-refractivity contribution >= 4 is 11.6 Å². The third-order valence-electron chi connectivity index (χ3n) is 3.78. The molecule has 1 unspecified atom stereocenters. The fraction of sp³-hybridized carbons (Fsp3) is 0.600. The number of hydrogen-bond acceptors (Lipinski definition) is 2. The molecule has 1 aromatic rings. The van der Waals surface area contributed by atoms with E-state index in [0.29, 0.717) is 12.6 Å². The molecule has 0 bridgehead atoms. The number of halogens is 2. The molecule has 0 aliphatic heterocycles. The Morgan fingerprint density at radius 2 is 2.11 bits per heavy atom. The molecular weight excluding hydrogens is 263 g/mol. The summed E-state index contributed by atoms with van der Waals surface area (Å²) in [5, 5.41) is 0.165. The summed E-state index contributed by atoms with van der Waals surface area (Å²) < 4.78 is 13.6. The van der Waals surface area contributed by atoms with Crippen LogP contribution in [-0.4, -0.2) is 24.0 Å². The summed E-state index contributed by atoms with van der Waals surface area (Å²) in [4.78, 5) is 2.38. The lowest BCUT2D eigenvalue weighted by Gasteiger charge is -2.34. The number of hydrogen-bond donors (Lipinski definition) is 1. The van der Waals surface area contributed by atoms with Crippen LogP contribution < -0.4 is 5.73 Å². The maximum Gasteiger partial charge on any atom is 0.142 e. The first-order valence-corrected chi connectivity index (χ1v) is 7.31. The molecule has 0 amide bonds. The van der Waals surface area contributed by atoms with E-state index in [4.69, 9.17) is 17.3 Å². The standard InChI is InChI=1S/C15H22ClFN2/c1-10(2)19(9-11-3-4-11)15(8-18)12-5-6-13(16)14(17)7-12/h5-7,10-11,15H,3-4,8-9,18H2,1-2H3. The highest BCUT2D eigenvalue weighted by atomic mass is 35.5. The van der Waals surface area contributed by atoms with Crippen molar-refractivity contribution in [2.45, 2.75) is 38.8 Å². The fourth-order valence-electron chi connectivity index (χ4n) is 2.48. The van der Waals surface area contributed by atoms with Gasteiger partial charge in [-0.2, -0.15) is 0 Å². The second-order valence-corrected chi connectivity index (χ2v) is 6.07. The molecule has 0 saturated heterocycles. The van der Waals surface area contributed by atoms with Gasteiger partial charge in [0.15, 0.2) is 0 Å². The largest absolute Gasteiger partial charge is 0.329 e. The SMILES string of the molecule is CC(C)N(CC1CC1)C(CN)c1ccc(Cl)c(F)c1. The molecule has 1 fully saturated rings. The molecule has 0 heterocycles. The van der Waals surface area contributed by atoms with Crippen LogP contribution >= 0.6 is 11.6 Å². The lowest BCUT2D eigenvalue weighted by Crippen LogP contribution is -2.40. The molecule has 1 saturated carbocycles. The summed E-state index contributed by atoms with van der Waals surface area (Å²) in [5.74, 6) is 0.418. The molecule has 1 atom stereocenters. The zero-order valence-electron chi connectivity index (χ0n) is 11.6. The fourth-order valence-corrected chi connectivity index (χ4v) is 2.60. The smallest absolute Gasteiger partial charge is 0.142 e. The Bertz CT molecular complexity index is 432. The highest BCUT2D eigenvalue weighted by molar-refractivity contribution is 6.30. The zero-order chi connectivity index (χ0) is 14.0. The van der Waals surface area contributed by atoms with Crippen LogP contribution in [-0.2, 0) is 0 Å². The molecule has 4 heteroatoms. The van der Waals surface area contributed by atoms with Gasteiger partial charge in [0, 0.05) is 25.2 Å². The van der Waals surface area contributed by atoms with Crippen molar-refractivity contribution in [3.05, 3.63) is 34.6 Å². The quantitative estimate of drug-likeness (QED) is 0.865. The van der Waals surface area contributed by atoms with E-state index < -0.39 is 0 Å². The first kappa shape index (κ1) is 14.8. The first-order chi connectivity index (χ1) is 9.02. The second-order valence-electron chi connectivity index (χ2n) is 5.66. The van der Waals surface area contributed by atoms with Crippen molar-refractivity contribution in [2.75, 3.05) is 13.1 Å². The van der Waals surface area contributed by atoms with Crippen molar-refractivity contribution < 1.29 is 4.39 Å². The molecule has 0 aromatic heterocycles. The maximum atomic E-state index is 13.6. The molecule has 19 heavy (non-hydrogen) atoms. The average molecular weight is 285 g/mol. The van der Waals surface area contributed by atoms with Crippen LogP contribution in [0.4, 0.5) is 4.39 Å². The van der Waals surface area contributed by atoms with Crippen molar-refractivity contribution in [3.8, 4) is 0 Å². The van der Waals surface area contributed by atoms with E-state index >= 15 is 0 Å². The maximum absolute atomic E-state index is 13.6. The highest BCUT2D eigenvalue weighted by Crippen LogP contribution is 2.34. The monoisotopic (exact) mass is 284 g/mol. The third-order valence-corrected chi connectivity index (χ3v) is 4.09. The highest BCUT2D eigenvalue weighted by Gasteiger charge is 2.30. The molecule has 1 aliphatic carbocycles. The van der Waals surface area contributed by atoms with Gasteiger partial charge in [-0.25, -0.2) is 4.39 Å². The summed E-state index contributed by atoms with van der Waals surface area (Å²) in [6.07, 6.45) is 2.60. The first-order valence-electron chi connectivity index (χ1n) is 6.93. The minimum absolute atomic E-state index is 0.0624. The number of benzene rings is 1. The molecule has 0 spiro atoms. The normalized spacial score (nSPS) is 17.2. The van der Waals surface area contributed by atoms with Crippen LogP contribution in [0, 0.1) is 11.7 Å². The van der Waals surface area contributed by atoms with Crippen LogP contribution in [0.5, 0.6) is 0 Å². The van der Waals surface area contributed by atoms with Gasteiger partial charge < -0.3 is 5.73 Å². The van der Waals surface area contributed by atoms with Gasteiger partial charge in [0.2, 0.25) is 0 Å². The van der Waals surface area contributed by atoms with E-state index in [9.17, 15) is 4.39 Å². The lowest BCUT2D eigenvalue weighted by atomic mass is 10.0. The number of nitrogens with two attached hydrogens (primary N) is 1. The van der Waals surface area contributed by atoms with Crippen molar-refractivity contribution in [3.63, 3.8) is 0 Å². The van der Waals surface area contributed by atoms with E-state index in [1.54, 1.807) is 6.07 Å². The molecule has 2 rings (SSSR count). The Morgan fingerprint density at radius 1 is 1.42 bits per heavy atom. The minimum atomic E-state index is -0.368. The Morgan fingerprint density at radius 3 is 2.58 bits per heavy atom. The summed E-state index contributed by atoms with van der Waals surface area (Å²) in [6.45, 7) is 5.87. The molecule has 106 valence electrons. The predicted molar refractivity (Wildman–Crippen MR) is 77.8 cm³/mol. The molecule has 2 nitrogen and oxygen atoms in total. The van der Waals surface area contributed by atoms with Crippen LogP contribution in [0.15, 0.2) is 18.2 Å². The summed E-state index contributed by atoms with van der Waals surface area (Å²) in [6, 6.07) is 5.47. The van der Waals surface area contributed by atoms with Gasteiger partial charge in [-0.05, 0) is 50.3 Å². The van der Waals surface area contributed by atoms with Crippen molar-refractivity contribution in [1.29, 1.82) is 0 Å². The van der Waals surface area contributed by atoms with Crippen LogP contribution in [0.25, 0.3) is 0 Å². The van der Waals surface area contributed by atoms with Crippen molar-refractivity contribution in [1.82, 2.24) is 4.90 Å². The molecular formula is C15H22ClFN2. The van der Waals surface area contributed by atoms with E-state index in [0.717, 1.165) is 18.0 Å². The van der Waals surface area contributed by atoms with Gasteiger partial charge in [0.05, 0.1) is 5.02 Å². The molecule has 0 radical (unpaired) electrons. The van der Waals surface area contributed by atoms with Gasteiger partial charge >= 0.3 is 0 Å². The van der Waals surface area contributed by atoms with Gasteiger partial charge in [-0.3, -0.25) is 4.90 Å². The van der Waals surface area contributed by atoms with E-state index in [1.165, 1.54) is 18.9 Å². The van der Waals surface area contributed by atoms with Gasteiger partial charge in [-0.1, -0.05) is 17.7 Å². The van der Waals surface area contributed by atoms with Gasteiger partial charge in [0.1, 0.15) is 5.82 Å². The Balaban J connectivity index is 2.21. The topological polar surface area (TPSA) is 29.3 Å². The summed E-state index contributed by atoms with van der Waals surface area (Å²) in [5.41, 5.74) is 6.85. The Kier molecular flexibility index (Phi) is 4.82. The second kappa shape index (κ2) is 6.21. The third kappa shape index (κ3) is 3.68. The van der Waals surface area contributed by atoms with Crippen molar-refractivity contribution in [2.24, 2.45) is 11.7 Å². The number of nitrogens with zero attached hydrogens (tertiary/aromatic N) is 1. The predicted octanol–water partition coefficient (Wildman–Crippen LogP) is 3.60. The summed E-state index contributed by atoms with van der Waals surface area (Å²) in [7, 11) is 0. The van der Waals surface area contributed by atoms with E-state index in [1.807, 2.05) is 6.07 Å². The summed E-state index contributed by atoms with van der Waals surface area (Å²) >= 11 is 5.75. The average Bonchev–Trinajstić information content (AvgIpc) is 3.17. The van der Waals surface area contributed by atoms with Crippen LogP contribution in [0.1, 0.15) is 38.3 Å². The van der Waals surface area contributed by atoms with Crippen LogP contribution in [0.2, 0.25) is 5.02 Å². The van der Waals surface area contributed by atoms with Gasteiger partial charge in [-0.15, -0.1) is 0 Å². The Labute approximate surface area is 119 Å². The number of rotatable bonds is 6. The zero-order valence-corrected chi connectivity index (χ0v) is 12.3. The molecule has 1 aromatic carbocycles. The van der Waals surface area contributed by atoms with E-state index in [2.05, 4.69) is 18.7 Å². The van der Waals surface area contributed by atoms with Crippen LogP contribution in [0.3, 0.4) is 0 Å². The Hall–Kier alpha value is -0.640. The van der Waals surface area contributed by atoms with E-state index in [-0.39, 0.29) is 16.9 Å². The lowest BCUT2D eigenvalue weighted by molar-refractivity contribution is 0.149. The van der Waals surface area contributed by atoms with Gasteiger partial charge in [0.25, 0.3) is 0 Å².